The van der Waals surface area contributed by atoms with E-state index in [4.69, 9.17) is 0 Å². The van der Waals surface area contributed by atoms with Crippen LogP contribution in [0.25, 0.3) is 0 Å². The van der Waals surface area contributed by atoms with E-state index in [1.165, 1.54) is 0 Å². The Bertz CT molecular complexity index is 460. The summed E-state index contributed by atoms with van der Waals surface area (Å²) in [5.74, 6) is -11.0. The Hall–Kier alpha value is 0.360. The first-order valence-electron chi connectivity index (χ1n) is 6.05. The van der Waals surface area contributed by atoms with E-state index >= 15 is 0 Å². The monoisotopic (exact) mass is 698 g/mol. The van der Waals surface area contributed by atoms with Crippen molar-refractivity contribution in [2.45, 2.75) is 43.1 Å². The summed E-state index contributed by atoms with van der Waals surface area (Å²) in [6.07, 6.45) is -17.9. The third-order valence-corrected chi connectivity index (χ3v) is 2.28. The van der Waals surface area contributed by atoms with Crippen molar-refractivity contribution in [1.82, 2.24) is 0 Å². The minimum Gasteiger partial charge on any atom is -0.309 e. The zero-order chi connectivity index (χ0) is 24.5. The smallest absolute Gasteiger partial charge is 0.309 e. The molecule has 3 atom stereocenters. The molecule has 0 spiro atoms. The highest BCUT2D eigenvalue weighted by Crippen LogP contribution is 2.57. The maximum atomic E-state index is 13.7. The third kappa shape index (κ3) is 9.17. The van der Waals surface area contributed by atoms with Gasteiger partial charge < -0.3 is 4.74 Å². The summed E-state index contributed by atoms with van der Waals surface area (Å²) in [5, 5.41) is 0. The molecule has 1 saturated heterocycles. The molecule has 1 aliphatic heterocycles. The van der Waals surface area contributed by atoms with Crippen LogP contribution in [0, 0.1) is 0 Å². The van der Waals surface area contributed by atoms with Crippen LogP contribution in [0.5, 0.6) is 0 Å². The highest BCUT2D eigenvalue weighted by molar-refractivity contribution is 15.0. The van der Waals surface area contributed by atoms with Crippen LogP contribution in [-0.4, -0.2) is 56.9 Å². The first-order chi connectivity index (χ1) is 12.8. The van der Waals surface area contributed by atoms with E-state index in [9.17, 15) is 61.5 Å². The molecule has 0 aromatic carbocycles. The van der Waals surface area contributed by atoms with Gasteiger partial charge in [0, 0.05) is 44.2 Å². The largest absolute Gasteiger partial charge is 0.457 e. The molecule has 0 aromatic heterocycles. The minimum absolute atomic E-state index is 0.395. The van der Waals surface area contributed by atoms with E-state index in [1.807, 2.05) is 0 Å². The SMILES string of the molecule is CC1(F)OC(F)(OCC(F)(F)F)C(F)(C(F)(F)F)OC1(F)F.CF.FCF.II. The number of rotatable bonds is 2. The van der Waals surface area contributed by atoms with Crippen molar-refractivity contribution in [1.29, 1.82) is 0 Å². The van der Waals surface area contributed by atoms with Gasteiger partial charge in [-0.2, -0.15) is 43.9 Å². The lowest BCUT2D eigenvalue weighted by Gasteiger charge is -2.48. The molecule has 0 N–H and O–H groups in total. The molecule has 1 heterocycles. The molecule has 0 aliphatic carbocycles. The fraction of sp³-hybridized carbons (Fsp3) is 1.00. The fourth-order valence-corrected chi connectivity index (χ4v) is 1.22. The van der Waals surface area contributed by atoms with Crippen LogP contribution < -0.4 is 0 Å². The highest BCUT2D eigenvalue weighted by Gasteiger charge is 2.84. The van der Waals surface area contributed by atoms with Crippen molar-refractivity contribution in [3.8, 4) is 0 Å². The highest BCUT2D eigenvalue weighted by atomic mass is 128. The molecule has 1 rings (SSSR count). The number of halogens is 16. The van der Waals surface area contributed by atoms with Crippen molar-refractivity contribution in [2.24, 2.45) is 0 Å². The Balaban J connectivity index is -0.000000856. The second-order valence-corrected chi connectivity index (χ2v) is 4.27. The second kappa shape index (κ2) is 12.4. The lowest BCUT2D eigenvalue weighted by Crippen LogP contribution is -2.73. The third-order valence-electron chi connectivity index (χ3n) is 2.28. The summed E-state index contributed by atoms with van der Waals surface area (Å²) < 4.78 is 176. The molecule has 3 nitrogen and oxygen atoms in total. The van der Waals surface area contributed by atoms with Gasteiger partial charge in [-0.25, -0.2) is 13.2 Å². The minimum atomic E-state index is -6.69. The Morgan fingerprint density at radius 3 is 1.45 bits per heavy atom. The maximum absolute atomic E-state index is 13.7. The van der Waals surface area contributed by atoms with Crippen LogP contribution >= 0.6 is 37.2 Å². The topological polar surface area (TPSA) is 27.7 Å². The molecular formula is C10H10F14I2O3. The number of alkyl halides is 14. The van der Waals surface area contributed by atoms with Crippen LogP contribution in [0.1, 0.15) is 6.92 Å². The number of ether oxygens (including phenoxy) is 3. The number of hydrogen-bond donors (Lipinski definition) is 0. The van der Waals surface area contributed by atoms with Gasteiger partial charge in [-0.1, -0.05) is 0 Å². The summed E-state index contributed by atoms with van der Waals surface area (Å²) in [7, 11) is 0.500. The summed E-state index contributed by atoms with van der Waals surface area (Å²) in [5.41, 5.74) is 0. The van der Waals surface area contributed by atoms with Gasteiger partial charge in [-0.15, -0.1) is 0 Å². The van der Waals surface area contributed by atoms with Gasteiger partial charge >= 0.3 is 36.2 Å². The summed E-state index contributed by atoms with van der Waals surface area (Å²) >= 11 is 4.24. The van der Waals surface area contributed by atoms with Crippen LogP contribution in [-0.2, 0) is 14.2 Å². The first-order valence-corrected chi connectivity index (χ1v) is 12.3. The Morgan fingerprint density at radius 2 is 1.17 bits per heavy atom. The summed E-state index contributed by atoms with van der Waals surface area (Å²) in [6, 6.07) is -5.67. The molecule has 1 fully saturated rings. The van der Waals surface area contributed by atoms with Crippen LogP contribution in [0.3, 0.4) is 0 Å². The van der Waals surface area contributed by atoms with Gasteiger partial charge in [0.05, 0.1) is 7.18 Å². The van der Waals surface area contributed by atoms with E-state index < -0.39 is 56.7 Å². The van der Waals surface area contributed by atoms with Gasteiger partial charge in [0.25, 0.3) is 0 Å². The van der Waals surface area contributed by atoms with Crippen molar-refractivity contribution in [2.75, 3.05) is 20.7 Å². The molecule has 0 aromatic rings. The Labute approximate surface area is 176 Å². The predicted molar refractivity (Wildman–Crippen MR) is 84.5 cm³/mol. The normalized spacial score (nSPS) is 31.2. The van der Waals surface area contributed by atoms with Crippen molar-refractivity contribution < 1.29 is 75.7 Å². The quantitative estimate of drug-likeness (QED) is 0.230. The number of hydrogen-bond acceptors (Lipinski definition) is 3. The lowest BCUT2D eigenvalue weighted by atomic mass is 10.2. The average Bonchev–Trinajstić information content (AvgIpc) is 2.54. The summed E-state index contributed by atoms with van der Waals surface area (Å²) in [6.45, 7) is -5.05. The van der Waals surface area contributed by atoms with Gasteiger partial charge in [0.1, 0.15) is 6.61 Å². The van der Waals surface area contributed by atoms with E-state index in [-0.39, 0.29) is 0 Å². The molecule has 19 heteroatoms. The van der Waals surface area contributed by atoms with Crippen molar-refractivity contribution in [3.05, 3.63) is 0 Å². The molecule has 0 radical (unpaired) electrons. The fourth-order valence-electron chi connectivity index (χ4n) is 1.22. The summed E-state index contributed by atoms with van der Waals surface area (Å²) in [4.78, 5) is 0. The van der Waals surface area contributed by atoms with Crippen LogP contribution in [0.4, 0.5) is 61.5 Å². The molecule has 3 unspecified atom stereocenters. The van der Waals surface area contributed by atoms with E-state index in [2.05, 4.69) is 51.4 Å². The first kappa shape index (κ1) is 34.0. The predicted octanol–water partition coefficient (Wildman–Crippen LogP) is 6.98. The molecule has 29 heavy (non-hydrogen) atoms. The molecule has 180 valence electrons. The van der Waals surface area contributed by atoms with E-state index in [0.29, 0.717) is 7.18 Å². The second-order valence-electron chi connectivity index (χ2n) is 4.27. The van der Waals surface area contributed by atoms with Crippen LogP contribution in [0.15, 0.2) is 0 Å². The standard InChI is InChI=1S/C8H5F11O3.CH2F2.CH3F.I2/c1-3(9)7(17,18)22-5(13,6(14,15)16)8(19,21-3)20-2-4(10,11)12;2-1-3;2*1-2/h2H2,1H3;1H2;1H3;. The molecule has 0 amide bonds. The van der Waals surface area contributed by atoms with E-state index in [0.717, 1.165) is 0 Å². The molecule has 1 aliphatic rings. The van der Waals surface area contributed by atoms with Gasteiger partial charge in [-0.05, 0) is 0 Å². The zero-order valence-electron chi connectivity index (χ0n) is 13.7. The molecule has 0 saturated carbocycles. The van der Waals surface area contributed by atoms with Gasteiger partial charge in [-0.3, -0.25) is 13.9 Å². The zero-order valence-corrected chi connectivity index (χ0v) is 18.0. The molecule has 0 bridgehead atoms. The van der Waals surface area contributed by atoms with Crippen molar-refractivity contribution in [3.63, 3.8) is 0 Å². The Morgan fingerprint density at radius 1 is 0.828 bits per heavy atom. The Kier molecular flexibility index (Phi) is 14.5. The van der Waals surface area contributed by atoms with Gasteiger partial charge in [0.2, 0.25) is 6.93 Å². The van der Waals surface area contributed by atoms with Gasteiger partial charge in [0.15, 0.2) is 0 Å². The van der Waals surface area contributed by atoms with E-state index in [1.54, 1.807) is 0 Å². The lowest BCUT2D eigenvalue weighted by molar-refractivity contribution is -0.611. The molecular weight excluding hydrogens is 688 g/mol. The average molecular weight is 698 g/mol. The maximum Gasteiger partial charge on any atom is 0.457 e. The van der Waals surface area contributed by atoms with Crippen LogP contribution in [0.2, 0.25) is 0 Å². The van der Waals surface area contributed by atoms with Crippen molar-refractivity contribution >= 4 is 37.2 Å².